The first-order chi connectivity index (χ1) is 11.6. The molecule has 1 aromatic carbocycles. The van der Waals surface area contributed by atoms with E-state index in [9.17, 15) is 24.4 Å². The number of hydrogen-bond donors (Lipinski definition) is 0. The number of hydrogen-bond acceptors (Lipinski definition) is 6. The molecule has 0 saturated carbocycles. The summed E-state index contributed by atoms with van der Waals surface area (Å²) < 4.78 is 19.5. The van der Waals surface area contributed by atoms with Gasteiger partial charge in [0.2, 0.25) is 5.88 Å². The van der Waals surface area contributed by atoms with E-state index in [1.54, 1.807) is 20.8 Å². The molecule has 0 unspecified atom stereocenters. The van der Waals surface area contributed by atoms with Gasteiger partial charge in [-0.25, -0.2) is 9.37 Å². The summed E-state index contributed by atoms with van der Waals surface area (Å²) >= 11 is 0. The summed E-state index contributed by atoms with van der Waals surface area (Å²) in [5.41, 5.74) is -0.958. The number of carbonyl (C=O) groups excluding carboxylic acids is 1. The second-order valence-corrected chi connectivity index (χ2v) is 6.10. The van der Waals surface area contributed by atoms with Crippen molar-refractivity contribution in [2.45, 2.75) is 26.3 Å². The number of aromatic nitrogens is 1. The van der Waals surface area contributed by atoms with Gasteiger partial charge in [-0.15, -0.1) is 0 Å². The van der Waals surface area contributed by atoms with E-state index >= 15 is 0 Å². The molecule has 9 heteroatoms. The fourth-order valence-electron chi connectivity index (χ4n) is 2.13. The lowest BCUT2D eigenvalue weighted by Gasteiger charge is -2.37. The molecule has 0 aliphatic heterocycles. The summed E-state index contributed by atoms with van der Waals surface area (Å²) in [4.78, 5) is 25.9. The molecule has 2 aromatic rings. The van der Waals surface area contributed by atoms with Gasteiger partial charge in [-0.05, 0) is 32.9 Å². The van der Waals surface area contributed by atoms with E-state index in [0.29, 0.717) is 0 Å². The van der Waals surface area contributed by atoms with Crippen molar-refractivity contribution < 1.29 is 24.0 Å². The van der Waals surface area contributed by atoms with E-state index < -0.39 is 22.4 Å². The van der Waals surface area contributed by atoms with E-state index in [0.717, 1.165) is 17.2 Å². The Hall–Kier alpha value is -3.23. The third kappa shape index (κ3) is 4.19. The largest absolute Gasteiger partial charge is 0.530 e. The first-order valence-corrected chi connectivity index (χ1v) is 7.18. The van der Waals surface area contributed by atoms with Gasteiger partial charge in [-0.2, -0.15) is 0 Å². The Morgan fingerprint density at radius 3 is 2.40 bits per heavy atom. The molecule has 0 N–H and O–H groups in total. The molecule has 1 aromatic heterocycles. The maximum absolute atomic E-state index is 14.3. The van der Waals surface area contributed by atoms with Crippen LogP contribution >= 0.6 is 0 Å². The molecular formula is C16H15FN3O5-. The molecule has 132 valence electrons. The molecule has 1 heterocycles. The van der Waals surface area contributed by atoms with Gasteiger partial charge in [0.05, 0.1) is 4.92 Å². The molecular weight excluding hydrogens is 333 g/mol. The number of pyridine rings is 1. The molecule has 0 saturated heterocycles. The van der Waals surface area contributed by atoms with E-state index in [2.05, 4.69) is 4.98 Å². The van der Waals surface area contributed by atoms with Gasteiger partial charge < -0.3 is 19.5 Å². The maximum atomic E-state index is 14.3. The Balaban J connectivity index is 2.27. The third-order valence-corrected chi connectivity index (χ3v) is 3.17. The number of benzene rings is 1. The Morgan fingerprint density at radius 2 is 1.96 bits per heavy atom. The van der Waals surface area contributed by atoms with Crippen molar-refractivity contribution >= 4 is 17.5 Å². The SMILES string of the molecule is CC(C)(C)N(C(=O)[O-])c1ccc(Oc2ccc([N+](=O)[O-])cn2)c(F)c1. The lowest BCUT2D eigenvalue weighted by molar-refractivity contribution is -0.385. The number of carbonyl (C=O) groups is 1. The van der Waals surface area contributed by atoms with E-state index in [-0.39, 0.29) is 23.0 Å². The monoisotopic (exact) mass is 348 g/mol. The minimum Gasteiger partial charge on any atom is -0.530 e. The Labute approximate surface area is 142 Å². The molecule has 0 atom stereocenters. The van der Waals surface area contributed by atoms with Crippen LogP contribution in [0.2, 0.25) is 0 Å². The average molecular weight is 348 g/mol. The second-order valence-electron chi connectivity index (χ2n) is 6.10. The Morgan fingerprint density at radius 1 is 1.28 bits per heavy atom. The highest BCUT2D eigenvalue weighted by atomic mass is 19.1. The highest BCUT2D eigenvalue weighted by Gasteiger charge is 2.24. The van der Waals surface area contributed by atoms with E-state index in [4.69, 9.17) is 4.74 Å². The van der Waals surface area contributed by atoms with Crippen LogP contribution in [0.15, 0.2) is 36.5 Å². The lowest BCUT2D eigenvalue weighted by atomic mass is 10.1. The van der Waals surface area contributed by atoms with Crippen molar-refractivity contribution in [2.75, 3.05) is 4.90 Å². The molecule has 25 heavy (non-hydrogen) atoms. The zero-order chi connectivity index (χ0) is 18.8. The minimum absolute atomic E-state index is 0.0372. The standard InChI is InChI=1S/C16H16FN3O5/c1-16(2,3)19(15(21)22)10-4-6-13(12(17)8-10)25-14-7-5-11(9-18-14)20(23)24/h4-9H,1-3H3,(H,21,22)/p-1. The summed E-state index contributed by atoms with van der Waals surface area (Å²) in [5, 5.41) is 21.9. The predicted octanol–water partition coefficient (Wildman–Crippen LogP) is 2.87. The zero-order valence-corrected chi connectivity index (χ0v) is 13.7. The van der Waals surface area contributed by atoms with Gasteiger partial charge in [-0.3, -0.25) is 10.1 Å². The fraction of sp³-hybridized carbons (Fsp3) is 0.250. The summed E-state index contributed by atoms with van der Waals surface area (Å²) in [6.45, 7) is 4.93. The quantitative estimate of drug-likeness (QED) is 0.621. The van der Waals surface area contributed by atoms with Gasteiger partial charge in [0.25, 0.3) is 5.69 Å². The molecule has 0 aliphatic carbocycles. The Bertz CT molecular complexity index is 802. The molecule has 0 spiro atoms. The van der Waals surface area contributed by atoms with Gasteiger partial charge in [-0.1, -0.05) is 0 Å². The Kier molecular flexibility index (Phi) is 4.87. The van der Waals surface area contributed by atoms with Gasteiger partial charge in [0.1, 0.15) is 12.3 Å². The van der Waals surface area contributed by atoms with Crippen LogP contribution in [-0.4, -0.2) is 21.5 Å². The first-order valence-electron chi connectivity index (χ1n) is 7.18. The number of nitrogens with zero attached hydrogens (tertiary/aromatic N) is 3. The fourth-order valence-corrected chi connectivity index (χ4v) is 2.13. The van der Waals surface area contributed by atoms with Crippen LogP contribution in [0.3, 0.4) is 0 Å². The first kappa shape index (κ1) is 18.1. The number of halogens is 1. The molecule has 0 radical (unpaired) electrons. The molecule has 2 rings (SSSR count). The van der Waals surface area contributed by atoms with Crippen LogP contribution in [0.5, 0.6) is 11.6 Å². The molecule has 0 aliphatic rings. The van der Waals surface area contributed by atoms with Crippen molar-refractivity contribution in [3.05, 3.63) is 52.5 Å². The summed E-state index contributed by atoms with van der Waals surface area (Å²) in [5.74, 6) is -1.05. The van der Waals surface area contributed by atoms with Crippen molar-refractivity contribution in [2.24, 2.45) is 0 Å². The maximum Gasteiger partial charge on any atom is 0.287 e. The van der Waals surface area contributed by atoms with Gasteiger partial charge in [0.15, 0.2) is 11.6 Å². The summed E-state index contributed by atoms with van der Waals surface area (Å²) in [7, 11) is 0. The molecule has 8 nitrogen and oxygen atoms in total. The normalized spacial score (nSPS) is 11.0. The number of amides is 1. The smallest absolute Gasteiger partial charge is 0.287 e. The van der Waals surface area contributed by atoms with Gasteiger partial charge in [0, 0.05) is 29.4 Å². The minimum atomic E-state index is -1.46. The zero-order valence-electron chi connectivity index (χ0n) is 13.7. The topological polar surface area (TPSA) is 109 Å². The molecule has 1 amide bonds. The van der Waals surface area contributed by atoms with Crippen LogP contribution in [0.1, 0.15) is 20.8 Å². The molecule has 0 fully saturated rings. The van der Waals surface area contributed by atoms with Crippen LogP contribution in [0.4, 0.5) is 20.6 Å². The number of anilines is 1. The second kappa shape index (κ2) is 6.71. The van der Waals surface area contributed by atoms with Crippen molar-refractivity contribution in [1.29, 1.82) is 0 Å². The van der Waals surface area contributed by atoms with Crippen LogP contribution < -0.4 is 14.7 Å². The predicted molar refractivity (Wildman–Crippen MR) is 85.0 cm³/mol. The average Bonchev–Trinajstić information content (AvgIpc) is 2.48. The van der Waals surface area contributed by atoms with Crippen LogP contribution in [-0.2, 0) is 0 Å². The van der Waals surface area contributed by atoms with Crippen molar-refractivity contribution in [1.82, 2.24) is 4.98 Å². The lowest BCUT2D eigenvalue weighted by Crippen LogP contribution is -2.52. The van der Waals surface area contributed by atoms with E-state index in [1.165, 1.54) is 24.3 Å². The van der Waals surface area contributed by atoms with Crippen LogP contribution in [0, 0.1) is 15.9 Å². The van der Waals surface area contributed by atoms with E-state index in [1.807, 2.05) is 0 Å². The number of ether oxygens (including phenoxy) is 1. The van der Waals surface area contributed by atoms with Crippen molar-refractivity contribution in [3.8, 4) is 11.6 Å². The number of carboxylic acid groups (broad SMARTS) is 1. The summed E-state index contributed by atoms with van der Waals surface area (Å²) in [6.07, 6.45) is -0.475. The number of rotatable bonds is 4. The highest BCUT2D eigenvalue weighted by molar-refractivity contribution is 5.86. The van der Waals surface area contributed by atoms with Crippen molar-refractivity contribution in [3.63, 3.8) is 0 Å². The van der Waals surface area contributed by atoms with Crippen LogP contribution in [0.25, 0.3) is 0 Å². The number of nitro groups is 1. The summed E-state index contributed by atoms with van der Waals surface area (Å²) in [6, 6.07) is 6.02. The third-order valence-electron chi connectivity index (χ3n) is 3.17. The molecule has 0 bridgehead atoms. The highest BCUT2D eigenvalue weighted by Crippen LogP contribution is 2.30. The van der Waals surface area contributed by atoms with Gasteiger partial charge >= 0.3 is 0 Å².